The summed E-state index contributed by atoms with van der Waals surface area (Å²) in [7, 11) is 0. The standard InChI is InChI=1S/C16H21N3OS2/c1-10-6-11(2)8-12(7-10)9-21-15-19-18-14(22-15)17-13(20)16(3,4)5/h6-8H,9H2,1-5H3,(H,17,18,20). The van der Waals surface area contributed by atoms with Gasteiger partial charge < -0.3 is 5.32 Å². The normalized spacial score (nSPS) is 11.5. The van der Waals surface area contributed by atoms with Crippen molar-refractivity contribution in [1.29, 1.82) is 0 Å². The van der Waals surface area contributed by atoms with Crippen molar-refractivity contribution in [3.05, 3.63) is 34.9 Å². The van der Waals surface area contributed by atoms with Gasteiger partial charge in [-0.25, -0.2) is 0 Å². The summed E-state index contributed by atoms with van der Waals surface area (Å²) >= 11 is 3.05. The summed E-state index contributed by atoms with van der Waals surface area (Å²) in [5.41, 5.74) is 3.38. The van der Waals surface area contributed by atoms with Crippen LogP contribution in [0.1, 0.15) is 37.5 Å². The summed E-state index contributed by atoms with van der Waals surface area (Å²) in [5.74, 6) is 0.805. The van der Waals surface area contributed by atoms with Gasteiger partial charge in [0.1, 0.15) is 0 Å². The topological polar surface area (TPSA) is 54.9 Å². The first-order valence-electron chi connectivity index (χ1n) is 7.09. The van der Waals surface area contributed by atoms with Crippen LogP contribution in [-0.2, 0) is 10.5 Å². The molecule has 22 heavy (non-hydrogen) atoms. The van der Waals surface area contributed by atoms with Gasteiger partial charge in [0.05, 0.1) is 0 Å². The van der Waals surface area contributed by atoms with Crippen molar-refractivity contribution in [2.75, 3.05) is 5.32 Å². The van der Waals surface area contributed by atoms with Crippen molar-refractivity contribution in [3.63, 3.8) is 0 Å². The molecule has 6 heteroatoms. The number of benzene rings is 1. The molecular weight excluding hydrogens is 314 g/mol. The average Bonchev–Trinajstić information content (AvgIpc) is 2.82. The van der Waals surface area contributed by atoms with Crippen LogP contribution in [0.15, 0.2) is 22.5 Å². The molecule has 0 fully saturated rings. The van der Waals surface area contributed by atoms with Gasteiger partial charge in [0.15, 0.2) is 4.34 Å². The second kappa shape index (κ2) is 6.79. The quantitative estimate of drug-likeness (QED) is 0.663. The molecule has 0 saturated carbocycles. The predicted molar refractivity (Wildman–Crippen MR) is 93.5 cm³/mol. The Balaban J connectivity index is 1.96. The van der Waals surface area contributed by atoms with Crippen LogP contribution in [0.2, 0.25) is 0 Å². The molecule has 0 atom stereocenters. The van der Waals surface area contributed by atoms with Crippen LogP contribution in [0.5, 0.6) is 0 Å². The van der Waals surface area contributed by atoms with E-state index in [1.54, 1.807) is 11.8 Å². The highest BCUT2D eigenvalue weighted by Gasteiger charge is 2.22. The van der Waals surface area contributed by atoms with Gasteiger partial charge in [-0.2, -0.15) is 0 Å². The van der Waals surface area contributed by atoms with E-state index in [9.17, 15) is 4.79 Å². The van der Waals surface area contributed by atoms with Crippen molar-refractivity contribution in [3.8, 4) is 0 Å². The molecule has 0 unspecified atom stereocenters. The second-order valence-corrected chi connectivity index (χ2v) is 8.56. The molecule has 1 amide bonds. The molecule has 0 radical (unpaired) electrons. The van der Waals surface area contributed by atoms with Crippen LogP contribution in [0, 0.1) is 19.3 Å². The molecule has 1 heterocycles. The van der Waals surface area contributed by atoms with Gasteiger partial charge in [-0.3, -0.25) is 4.79 Å². The number of aryl methyl sites for hydroxylation is 2. The summed E-state index contributed by atoms with van der Waals surface area (Å²) < 4.78 is 0.864. The SMILES string of the molecule is Cc1cc(C)cc(CSc2nnc(NC(=O)C(C)(C)C)s2)c1. The summed E-state index contributed by atoms with van der Waals surface area (Å²) in [6, 6.07) is 6.53. The van der Waals surface area contributed by atoms with E-state index in [0.29, 0.717) is 5.13 Å². The Bertz CT molecular complexity index is 654. The number of anilines is 1. The number of amides is 1. The smallest absolute Gasteiger partial charge is 0.231 e. The van der Waals surface area contributed by atoms with Crippen LogP contribution in [-0.4, -0.2) is 16.1 Å². The first-order chi connectivity index (χ1) is 10.2. The zero-order valence-corrected chi connectivity index (χ0v) is 15.2. The highest BCUT2D eigenvalue weighted by Crippen LogP contribution is 2.29. The lowest BCUT2D eigenvalue weighted by atomic mass is 9.96. The number of aromatic nitrogens is 2. The second-order valence-electron chi connectivity index (χ2n) is 6.36. The van der Waals surface area contributed by atoms with Gasteiger partial charge in [-0.05, 0) is 19.4 Å². The van der Waals surface area contributed by atoms with E-state index in [4.69, 9.17) is 0 Å². The number of nitrogens with zero attached hydrogens (tertiary/aromatic N) is 2. The zero-order valence-electron chi connectivity index (χ0n) is 13.6. The molecule has 118 valence electrons. The minimum absolute atomic E-state index is 0.0468. The summed E-state index contributed by atoms with van der Waals surface area (Å²) in [6.07, 6.45) is 0. The largest absolute Gasteiger partial charge is 0.300 e. The van der Waals surface area contributed by atoms with Crippen LogP contribution >= 0.6 is 23.1 Å². The summed E-state index contributed by atoms with van der Waals surface area (Å²) in [4.78, 5) is 11.9. The molecule has 1 N–H and O–H groups in total. The molecule has 2 rings (SSSR count). The van der Waals surface area contributed by atoms with Gasteiger partial charge in [-0.1, -0.05) is 73.2 Å². The van der Waals surface area contributed by atoms with Gasteiger partial charge in [0.25, 0.3) is 0 Å². The number of rotatable bonds is 4. The highest BCUT2D eigenvalue weighted by molar-refractivity contribution is 8.00. The van der Waals surface area contributed by atoms with E-state index in [2.05, 4.69) is 47.6 Å². The predicted octanol–water partition coefficient (Wildman–Crippen LogP) is 4.43. The van der Waals surface area contributed by atoms with E-state index in [1.165, 1.54) is 28.0 Å². The maximum atomic E-state index is 11.9. The van der Waals surface area contributed by atoms with E-state index in [0.717, 1.165) is 10.1 Å². The molecule has 0 aliphatic carbocycles. The average molecular weight is 335 g/mol. The Morgan fingerprint density at radius 3 is 2.41 bits per heavy atom. The highest BCUT2D eigenvalue weighted by atomic mass is 32.2. The lowest BCUT2D eigenvalue weighted by molar-refractivity contribution is -0.123. The fourth-order valence-electron chi connectivity index (χ4n) is 1.90. The van der Waals surface area contributed by atoms with E-state index < -0.39 is 5.41 Å². The zero-order chi connectivity index (χ0) is 16.3. The molecule has 0 aliphatic rings. The van der Waals surface area contributed by atoms with Crippen LogP contribution in [0.4, 0.5) is 5.13 Å². The number of carbonyl (C=O) groups is 1. The molecule has 0 aliphatic heterocycles. The van der Waals surface area contributed by atoms with Crippen molar-refractivity contribution in [2.45, 2.75) is 44.7 Å². The van der Waals surface area contributed by atoms with Crippen LogP contribution < -0.4 is 5.32 Å². The number of thioether (sulfide) groups is 1. The fourth-order valence-corrected chi connectivity index (χ4v) is 3.58. The number of carbonyl (C=O) groups excluding carboxylic acids is 1. The maximum Gasteiger partial charge on any atom is 0.231 e. The Hall–Kier alpha value is -1.40. The monoisotopic (exact) mass is 335 g/mol. The Kier molecular flexibility index (Phi) is 5.24. The molecule has 1 aromatic carbocycles. The third kappa shape index (κ3) is 4.81. The van der Waals surface area contributed by atoms with Crippen molar-refractivity contribution in [1.82, 2.24) is 10.2 Å². The first-order valence-corrected chi connectivity index (χ1v) is 8.89. The Labute approximate surface area is 139 Å². The fraction of sp³-hybridized carbons (Fsp3) is 0.438. The maximum absolute atomic E-state index is 11.9. The minimum atomic E-state index is -0.432. The van der Waals surface area contributed by atoms with E-state index in [-0.39, 0.29) is 5.91 Å². The van der Waals surface area contributed by atoms with Crippen molar-refractivity contribution >= 4 is 34.1 Å². The number of hydrogen-bond acceptors (Lipinski definition) is 5. The van der Waals surface area contributed by atoms with Crippen LogP contribution in [0.25, 0.3) is 0 Å². The van der Waals surface area contributed by atoms with Gasteiger partial charge in [-0.15, -0.1) is 10.2 Å². The molecular formula is C16H21N3OS2. The van der Waals surface area contributed by atoms with E-state index in [1.807, 2.05) is 20.8 Å². The summed E-state index contributed by atoms with van der Waals surface area (Å²) in [6.45, 7) is 9.83. The third-order valence-electron chi connectivity index (χ3n) is 2.95. The molecule has 4 nitrogen and oxygen atoms in total. The lowest BCUT2D eigenvalue weighted by Crippen LogP contribution is -2.27. The molecule has 0 bridgehead atoms. The number of hydrogen-bond donors (Lipinski definition) is 1. The molecule has 0 saturated heterocycles. The third-order valence-corrected chi connectivity index (χ3v) is 5.00. The lowest BCUT2D eigenvalue weighted by Gasteiger charge is -2.15. The Morgan fingerprint density at radius 2 is 1.82 bits per heavy atom. The van der Waals surface area contributed by atoms with Crippen molar-refractivity contribution in [2.24, 2.45) is 5.41 Å². The Morgan fingerprint density at radius 1 is 1.18 bits per heavy atom. The van der Waals surface area contributed by atoms with Gasteiger partial charge >= 0.3 is 0 Å². The van der Waals surface area contributed by atoms with Crippen LogP contribution in [0.3, 0.4) is 0 Å². The molecule has 0 spiro atoms. The van der Waals surface area contributed by atoms with E-state index >= 15 is 0 Å². The van der Waals surface area contributed by atoms with Gasteiger partial charge in [0, 0.05) is 11.2 Å². The molecule has 1 aromatic heterocycles. The van der Waals surface area contributed by atoms with Crippen molar-refractivity contribution < 1.29 is 4.79 Å². The minimum Gasteiger partial charge on any atom is -0.300 e. The molecule has 2 aromatic rings. The van der Waals surface area contributed by atoms with Gasteiger partial charge in [0.2, 0.25) is 11.0 Å². The first kappa shape index (κ1) is 17.0. The number of nitrogens with one attached hydrogen (secondary N) is 1. The summed E-state index contributed by atoms with van der Waals surface area (Å²) in [5, 5.41) is 11.5.